The predicted molar refractivity (Wildman–Crippen MR) is 184 cm³/mol. The minimum absolute atomic E-state index is 0.193. The van der Waals surface area contributed by atoms with E-state index in [0.29, 0.717) is 56.9 Å². The fourth-order valence-corrected chi connectivity index (χ4v) is 10.4. The van der Waals surface area contributed by atoms with Gasteiger partial charge in [0.15, 0.2) is 5.82 Å². The summed E-state index contributed by atoms with van der Waals surface area (Å²) < 4.78 is 61.1. The van der Waals surface area contributed by atoms with E-state index in [1.807, 2.05) is 24.3 Å². The van der Waals surface area contributed by atoms with Crippen LogP contribution in [0.15, 0.2) is 71.6 Å². The number of nitrogens with one attached hydrogen (secondary N) is 1. The van der Waals surface area contributed by atoms with Crippen molar-refractivity contribution in [2.24, 2.45) is 0 Å². The number of sulfonamides is 1. The van der Waals surface area contributed by atoms with Crippen LogP contribution >= 0.6 is 0 Å². The number of rotatable bonds is 9. The fraction of sp³-hybridized carbons (Fsp3) is 0.474. The first-order valence-corrected chi connectivity index (χ1v) is 19.2. The van der Waals surface area contributed by atoms with Crippen LogP contribution in [0.5, 0.6) is 0 Å². The van der Waals surface area contributed by atoms with Gasteiger partial charge in [0.05, 0.1) is 11.0 Å². The SMILES string of the molecule is Cc1nc2ccccc2n1C1CC2CCC(C1)N2CCC1(c2ccccc2)CCN(C(=O)c2c(F)ccc(S(=O)(=O)NC3CC3)c2F)CC1. The number of imidazole rings is 1. The van der Waals surface area contributed by atoms with Gasteiger partial charge in [-0.05, 0) is 106 Å². The summed E-state index contributed by atoms with van der Waals surface area (Å²) in [6.45, 7) is 3.71. The van der Waals surface area contributed by atoms with Crippen molar-refractivity contribution in [1.82, 2.24) is 24.1 Å². The number of benzene rings is 3. The molecule has 1 amide bonds. The maximum Gasteiger partial charge on any atom is 0.259 e. The number of piperidine rings is 2. The summed E-state index contributed by atoms with van der Waals surface area (Å²) in [5.74, 6) is -2.10. The minimum atomic E-state index is -4.21. The molecule has 3 saturated heterocycles. The van der Waals surface area contributed by atoms with Gasteiger partial charge in [0.2, 0.25) is 10.0 Å². The molecule has 1 saturated carbocycles. The summed E-state index contributed by atoms with van der Waals surface area (Å²) in [4.78, 5) is 22.0. The number of amides is 1. The smallest absolute Gasteiger partial charge is 0.259 e. The van der Waals surface area contributed by atoms with E-state index in [1.54, 1.807) is 0 Å². The van der Waals surface area contributed by atoms with Crippen molar-refractivity contribution >= 4 is 27.0 Å². The van der Waals surface area contributed by atoms with Crippen molar-refractivity contribution < 1.29 is 22.0 Å². The van der Waals surface area contributed by atoms with Gasteiger partial charge in [-0.2, -0.15) is 0 Å². The van der Waals surface area contributed by atoms with E-state index in [-0.39, 0.29) is 11.5 Å². The largest absolute Gasteiger partial charge is 0.338 e. The molecule has 3 aliphatic heterocycles. The molecule has 4 fully saturated rings. The molecule has 4 aliphatic rings. The Hall–Kier alpha value is -3.67. The van der Waals surface area contributed by atoms with Gasteiger partial charge in [-0.1, -0.05) is 42.5 Å². The van der Waals surface area contributed by atoms with Gasteiger partial charge < -0.3 is 9.47 Å². The Kier molecular flexibility index (Phi) is 8.35. The summed E-state index contributed by atoms with van der Waals surface area (Å²) in [6, 6.07) is 21.8. The zero-order valence-electron chi connectivity index (χ0n) is 27.8. The number of aromatic nitrogens is 2. The Balaban J connectivity index is 0.984. The maximum atomic E-state index is 15.6. The zero-order valence-corrected chi connectivity index (χ0v) is 28.6. The number of para-hydroxylation sites is 2. The van der Waals surface area contributed by atoms with E-state index in [2.05, 4.69) is 51.4 Å². The second-order valence-corrected chi connectivity index (χ2v) is 16.3. The predicted octanol–water partition coefficient (Wildman–Crippen LogP) is 6.50. The number of likely N-dealkylation sites (tertiary alicyclic amines) is 1. The molecule has 2 atom stereocenters. The number of fused-ring (bicyclic) bond motifs is 3. The Labute approximate surface area is 286 Å². The number of halogens is 2. The van der Waals surface area contributed by atoms with E-state index in [0.717, 1.165) is 49.3 Å². The van der Waals surface area contributed by atoms with E-state index in [4.69, 9.17) is 4.98 Å². The minimum Gasteiger partial charge on any atom is -0.338 e. The van der Waals surface area contributed by atoms with Gasteiger partial charge in [-0.15, -0.1) is 0 Å². The second kappa shape index (κ2) is 12.6. The average Bonchev–Trinajstić information content (AvgIpc) is 3.78. The van der Waals surface area contributed by atoms with Crippen molar-refractivity contribution in [1.29, 1.82) is 0 Å². The Morgan fingerprint density at radius 3 is 2.27 bits per heavy atom. The van der Waals surface area contributed by atoms with Crippen LogP contribution in [-0.2, 0) is 15.4 Å². The van der Waals surface area contributed by atoms with Gasteiger partial charge >= 0.3 is 0 Å². The van der Waals surface area contributed by atoms with Crippen LogP contribution in [0.4, 0.5) is 8.78 Å². The van der Waals surface area contributed by atoms with Crippen molar-refractivity contribution in [2.75, 3.05) is 19.6 Å². The topological polar surface area (TPSA) is 87.5 Å². The van der Waals surface area contributed by atoms with Crippen LogP contribution in [0, 0.1) is 18.6 Å². The summed E-state index contributed by atoms with van der Waals surface area (Å²) in [5.41, 5.74) is 2.50. The van der Waals surface area contributed by atoms with E-state index in [9.17, 15) is 13.2 Å². The Bertz CT molecular complexity index is 1970. The molecule has 4 aromatic rings. The molecule has 49 heavy (non-hydrogen) atoms. The van der Waals surface area contributed by atoms with Crippen LogP contribution in [0.1, 0.15) is 85.6 Å². The third-order valence-electron chi connectivity index (χ3n) is 11.7. The first-order valence-electron chi connectivity index (χ1n) is 17.7. The zero-order chi connectivity index (χ0) is 33.9. The first-order chi connectivity index (χ1) is 23.6. The molecule has 3 aromatic carbocycles. The van der Waals surface area contributed by atoms with E-state index < -0.39 is 38.0 Å². The molecular formula is C38H43F2N5O3S. The average molecular weight is 688 g/mol. The highest BCUT2D eigenvalue weighted by molar-refractivity contribution is 7.89. The first kappa shape index (κ1) is 32.5. The molecule has 2 unspecified atom stereocenters. The third-order valence-corrected chi connectivity index (χ3v) is 13.2. The lowest BCUT2D eigenvalue weighted by Crippen LogP contribution is -2.49. The lowest BCUT2D eigenvalue weighted by molar-refractivity contribution is 0.0598. The number of carbonyl (C=O) groups excluding carboxylic acids is 1. The molecule has 8 nitrogen and oxygen atoms in total. The second-order valence-electron chi connectivity index (χ2n) is 14.6. The van der Waals surface area contributed by atoms with Crippen LogP contribution in [0.2, 0.25) is 0 Å². The Morgan fingerprint density at radius 1 is 0.898 bits per heavy atom. The van der Waals surface area contributed by atoms with Crippen molar-refractivity contribution in [3.8, 4) is 0 Å². The Morgan fingerprint density at radius 2 is 1.57 bits per heavy atom. The molecule has 1 N–H and O–H groups in total. The highest BCUT2D eigenvalue weighted by Crippen LogP contribution is 2.45. The van der Waals surface area contributed by atoms with Crippen LogP contribution in [0.3, 0.4) is 0 Å². The highest BCUT2D eigenvalue weighted by Gasteiger charge is 2.45. The lowest BCUT2D eigenvalue weighted by atomic mass is 9.70. The van der Waals surface area contributed by atoms with Gasteiger partial charge in [-0.3, -0.25) is 9.69 Å². The summed E-state index contributed by atoms with van der Waals surface area (Å²) in [7, 11) is -4.21. The van der Waals surface area contributed by atoms with Crippen molar-refractivity contribution in [3.63, 3.8) is 0 Å². The molecule has 1 aromatic heterocycles. The van der Waals surface area contributed by atoms with Crippen LogP contribution in [0.25, 0.3) is 11.0 Å². The quantitative estimate of drug-likeness (QED) is 0.217. The van der Waals surface area contributed by atoms with E-state index in [1.165, 1.54) is 28.8 Å². The molecular weight excluding hydrogens is 645 g/mol. The standard InChI is InChI=1S/C38H43F2N5O3S/c1-25-41-32-9-5-6-10-33(32)45(25)30-23-28-13-14-29(24-30)44(28)22-19-38(26-7-3-2-4-8-26)17-20-43(21-18-38)37(46)35-31(39)15-16-34(36(35)40)49(47,48)42-27-11-12-27/h2-10,15-16,27-30,42H,11-14,17-24H2,1H3. The highest BCUT2D eigenvalue weighted by atomic mass is 32.2. The third kappa shape index (κ3) is 5.97. The molecule has 8 rings (SSSR count). The van der Waals surface area contributed by atoms with Gasteiger partial charge in [0.1, 0.15) is 22.1 Å². The lowest BCUT2D eigenvalue weighted by Gasteiger charge is -2.45. The number of hydrogen-bond acceptors (Lipinski definition) is 5. The van der Waals surface area contributed by atoms with Gasteiger partial charge in [0, 0.05) is 37.3 Å². The summed E-state index contributed by atoms with van der Waals surface area (Å²) in [6.07, 6.45) is 8.15. The molecule has 11 heteroatoms. The van der Waals surface area contributed by atoms with Gasteiger partial charge in [0.25, 0.3) is 5.91 Å². The van der Waals surface area contributed by atoms with Crippen LogP contribution in [-0.4, -0.2) is 71.4 Å². The molecule has 0 spiro atoms. The van der Waals surface area contributed by atoms with E-state index >= 15 is 8.78 Å². The number of aryl methyl sites for hydroxylation is 1. The van der Waals surface area contributed by atoms with Crippen molar-refractivity contribution in [3.05, 3.63) is 95.3 Å². The summed E-state index contributed by atoms with van der Waals surface area (Å²) in [5, 5.41) is 0. The number of carbonyl (C=O) groups is 1. The fourth-order valence-electron chi connectivity index (χ4n) is 8.98. The molecule has 1 aliphatic carbocycles. The monoisotopic (exact) mass is 687 g/mol. The molecule has 258 valence electrons. The molecule has 0 radical (unpaired) electrons. The normalized spacial score (nSPS) is 24.1. The summed E-state index contributed by atoms with van der Waals surface area (Å²) >= 11 is 0. The molecule has 4 heterocycles. The maximum absolute atomic E-state index is 15.6. The number of nitrogens with zero attached hydrogens (tertiary/aromatic N) is 4. The molecule has 2 bridgehead atoms. The van der Waals surface area contributed by atoms with Crippen molar-refractivity contribution in [2.45, 2.75) is 99.2 Å². The van der Waals surface area contributed by atoms with Crippen LogP contribution < -0.4 is 4.72 Å². The van der Waals surface area contributed by atoms with Gasteiger partial charge in [-0.25, -0.2) is 26.9 Å². The number of hydrogen-bond donors (Lipinski definition) is 1.